The van der Waals surface area contributed by atoms with Crippen LogP contribution in [-0.4, -0.2) is 20.6 Å². The molecular weight excluding hydrogens is 390 g/mol. The molecule has 0 bridgehead atoms. The Morgan fingerprint density at radius 1 is 1.36 bits per heavy atom. The van der Waals surface area contributed by atoms with Crippen LogP contribution in [0.4, 0.5) is 24.7 Å². The number of amides is 1. The molecule has 25 heavy (non-hydrogen) atoms. The van der Waals surface area contributed by atoms with E-state index in [1.807, 2.05) is 0 Å². The topological polar surface area (TPSA) is 107 Å². The number of rotatable bonds is 3. The third-order valence-corrected chi connectivity index (χ3v) is 3.62. The van der Waals surface area contributed by atoms with E-state index in [0.717, 1.165) is 17.8 Å². The van der Waals surface area contributed by atoms with Crippen LogP contribution in [0.2, 0.25) is 10.0 Å². The maximum atomic E-state index is 12.8. The van der Waals surface area contributed by atoms with Crippen LogP contribution in [-0.2, 0) is 11.0 Å². The number of hydrogen-bond donors (Lipinski definition) is 1. The maximum absolute atomic E-state index is 12.8. The normalized spacial score (nSPS) is 11.5. The first-order chi connectivity index (χ1) is 11.4. The molecule has 0 spiro atoms. The predicted molar refractivity (Wildman–Crippen MR) is 82.6 cm³/mol. The Morgan fingerprint density at radius 2 is 1.88 bits per heavy atom. The average Bonchev–Trinajstić information content (AvgIpc) is 2.89. The van der Waals surface area contributed by atoms with Crippen LogP contribution < -0.4 is 10.9 Å². The van der Waals surface area contributed by atoms with Crippen LogP contribution in [0, 0.1) is 10.1 Å². The lowest BCUT2D eigenvalue weighted by atomic mass is 10.2. The standard InChI is InChI=1S/C12H8Cl2F3N5O3/c1-5(23)20(18)11-9(22(24)25)4-19-21(11)10-7(13)2-6(3-8(10)14)12(15,16)17/h2-4H,18H2,1H3. The summed E-state index contributed by atoms with van der Waals surface area (Å²) in [5.74, 6) is 4.21. The van der Waals surface area contributed by atoms with Crippen molar-refractivity contribution in [1.29, 1.82) is 0 Å². The fourth-order valence-electron chi connectivity index (χ4n) is 1.93. The average molecular weight is 398 g/mol. The smallest absolute Gasteiger partial charge is 0.273 e. The molecule has 8 nitrogen and oxygen atoms in total. The van der Waals surface area contributed by atoms with Gasteiger partial charge in [0.15, 0.2) is 0 Å². The van der Waals surface area contributed by atoms with Crippen molar-refractivity contribution >= 4 is 40.6 Å². The molecule has 2 rings (SSSR count). The van der Waals surface area contributed by atoms with E-state index in [0.29, 0.717) is 17.1 Å². The highest BCUT2D eigenvalue weighted by molar-refractivity contribution is 6.38. The number of nitro groups is 1. The fourth-order valence-corrected chi connectivity index (χ4v) is 2.58. The minimum Gasteiger partial charge on any atom is -0.273 e. The lowest BCUT2D eigenvalue weighted by Gasteiger charge is -2.18. The van der Waals surface area contributed by atoms with Crippen molar-refractivity contribution in [3.63, 3.8) is 0 Å². The largest absolute Gasteiger partial charge is 0.416 e. The second kappa shape index (κ2) is 6.50. The van der Waals surface area contributed by atoms with Gasteiger partial charge in [0.2, 0.25) is 11.7 Å². The number of anilines is 1. The third kappa shape index (κ3) is 3.52. The SMILES string of the molecule is CC(=O)N(N)c1c([N+](=O)[O-])cnn1-c1c(Cl)cc(C(F)(F)F)cc1Cl. The molecule has 0 aliphatic carbocycles. The number of nitrogens with two attached hydrogens (primary N) is 1. The maximum Gasteiger partial charge on any atom is 0.416 e. The van der Waals surface area contributed by atoms with E-state index < -0.39 is 44.1 Å². The minimum absolute atomic E-state index is 0.295. The fraction of sp³-hybridized carbons (Fsp3) is 0.167. The molecule has 0 fully saturated rings. The van der Waals surface area contributed by atoms with Gasteiger partial charge in [0.25, 0.3) is 0 Å². The third-order valence-electron chi connectivity index (χ3n) is 3.05. The molecule has 2 aromatic rings. The molecule has 0 aliphatic rings. The Morgan fingerprint density at radius 3 is 2.28 bits per heavy atom. The van der Waals surface area contributed by atoms with E-state index in [-0.39, 0.29) is 5.69 Å². The summed E-state index contributed by atoms with van der Waals surface area (Å²) in [5, 5.41) is 14.2. The molecule has 1 aromatic carbocycles. The molecular formula is C12H8Cl2F3N5O3. The van der Waals surface area contributed by atoms with Gasteiger partial charge in [-0.3, -0.25) is 14.9 Å². The summed E-state index contributed by atoms with van der Waals surface area (Å²) in [5.41, 5.74) is -2.08. The summed E-state index contributed by atoms with van der Waals surface area (Å²) in [4.78, 5) is 21.7. The van der Waals surface area contributed by atoms with Gasteiger partial charge in [0.1, 0.15) is 11.9 Å². The number of benzene rings is 1. The highest BCUT2D eigenvalue weighted by Gasteiger charge is 2.34. The Bertz CT molecular complexity index is 845. The summed E-state index contributed by atoms with van der Waals surface area (Å²) in [6.07, 6.45) is -3.94. The van der Waals surface area contributed by atoms with Crippen molar-refractivity contribution in [2.45, 2.75) is 13.1 Å². The molecule has 0 atom stereocenters. The van der Waals surface area contributed by atoms with Gasteiger partial charge in [-0.2, -0.15) is 18.3 Å². The highest BCUT2D eigenvalue weighted by atomic mass is 35.5. The van der Waals surface area contributed by atoms with E-state index in [1.54, 1.807) is 0 Å². The van der Waals surface area contributed by atoms with Crippen molar-refractivity contribution in [2.75, 3.05) is 5.01 Å². The number of aromatic nitrogens is 2. The van der Waals surface area contributed by atoms with E-state index in [1.165, 1.54) is 0 Å². The molecule has 1 amide bonds. The number of nitrogens with zero attached hydrogens (tertiary/aromatic N) is 4. The number of hydrogen-bond acceptors (Lipinski definition) is 5. The van der Waals surface area contributed by atoms with Crippen LogP contribution in [0.5, 0.6) is 0 Å². The Hall–Kier alpha value is -2.37. The van der Waals surface area contributed by atoms with Gasteiger partial charge in [-0.25, -0.2) is 15.5 Å². The van der Waals surface area contributed by atoms with Gasteiger partial charge in [-0.15, -0.1) is 0 Å². The van der Waals surface area contributed by atoms with Crippen LogP contribution >= 0.6 is 23.2 Å². The zero-order valence-electron chi connectivity index (χ0n) is 12.2. The second-order valence-corrected chi connectivity index (χ2v) is 5.51. The lowest BCUT2D eigenvalue weighted by Crippen LogP contribution is -2.37. The quantitative estimate of drug-likeness (QED) is 0.369. The Kier molecular flexibility index (Phi) is 4.93. The van der Waals surface area contributed by atoms with Gasteiger partial charge >= 0.3 is 11.9 Å². The zero-order chi connectivity index (χ0) is 19.1. The Labute approximate surface area is 147 Å². The Balaban J connectivity index is 2.75. The number of alkyl halides is 3. The van der Waals surface area contributed by atoms with Crippen LogP contribution in [0.1, 0.15) is 12.5 Å². The molecule has 1 aromatic heterocycles. The minimum atomic E-state index is -4.70. The van der Waals surface area contributed by atoms with Gasteiger partial charge in [-0.1, -0.05) is 23.2 Å². The molecule has 0 saturated carbocycles. The molecule has 2 N–H and O–H groups in total. The first kappa shape index (κ1) is 19.0. The molecule has 1 heterocycles. The molecule has 13 heteroatoms. The summed E-state index contributed by atoms with van der Waals surface area (Å²) in [6, 6.07) is 1.16. The summed E-state index contributed by atoms with van der Waals surface area (Å²) in [7, 11) is 0. The van der Waals surface area contributed by atoms with E-state index in [4.69, 9.17) is 29.0 Å². The van der Waals surface area contributed by atoms with Gasteiger partial charge in [0, 0.05) is 6.92 Å². The van der Waals surface area contributed by atoms with Crippen molar-refractivity contribution < 1.29 is 22.9 Å². The van der Waals surface area contributed by atoms with E-state index in [9.17, 15) is 28.1 Å². The number of carbonyl (C=O) groups is 1. The summed E-state index contributed by atoms with van der Waals surface area (Å²) >= 11 is 11.7. The number of hydrazine groups is 1. The monoisotopic (exact) mass is 397 g/mol. The van der Waals surface area contributed by atoms with Crippen molar-refractivity contribution in [3.05, 3.63) is 44.1 Å². The highest BCUT2D eigenvalue weighted by Crippen LogP contribution is 2.40. The molecule has 0 unspecified atom stereocenters. The molecule has 0 radical (unpaired) electrons. The van der Waals surface area contributed by atoms with Crippen molar-refractivity contribution in [2.24, 2.45) is 5.84 Å². The van der Waals surface area contributed by atoms with Crippen LogP contribution in [0.25, 0.3) is 5.69 Å². The van der Waals surface area contributed by atoms with E-state index >= 15 is 0 Å². The summed E-state index contributed by atoms with van der Waals surface area (Å²) in [6.45, 7) is 1.02. The lowest BCUT2D eigenvalue weighted by molar-refractivity contribution is -0.384. The molecule has 0 saturated heterocycles. The predicted octanol–water partition coefficient (Wildman–Crippen LogP) is 3.33. The van der Waals surface area contributed by atoms with Gasteiger partial charge < -0.3 is 0 Å². The van der Waals surface area contributed by atoms with Gasteiger partial charge in [-0.05, 0) is 12.1 Å². The van der Waals surface area contributed by atoms with Crippen molar-refractivity contribution in [3.8, 4) is 5.69 Å². The zero-order valence-corrected chi connectivity index (χ0v) is 13.7. The molecule has 134 valence electrons. The first-order valence-corrected chi connectivity index (χ1v) is 7.05. The molecule has 0 aliphatic heterocycles. The first-order valence-electron chi connectivity index (χ1n) is 6.29. The summed E-state index contributed by atoms with van der Waals surface area (Å²) < 4.78 is 39.1. The van der Waals surface area contributed by atoms with Gasteiger partial charge in [0.05, 0.1) is 20.5 Å². The number of carbonyl (C=O) groups excluding carboxylic acids is 1. The van der Waals surface area contributed by atoms with Crippen LogP contribution in [0.15, 0.2) is 18.3 Å². The number of halogens is 5. The second-order valence-electron chi connectivity index (χ2n) is 4.70. The van der Waals surface area contributed by atoms with Crippen LogP contribution in [0.3, 0.4) is 0 Å². The van der Waals surface area contributed by atoms with Crippen molar-refractivity contribution in [1.82, 2.24) is 9.78 Å². The van der Waals surface area contributed by atoms with E-state index in [2.05, 4.69) is 5.10 Å².